The van der Waals surface area contributed by atoms with Crippen molar-refractivity contribution in [3.8, 4) is 0 Å². The standard InChI is InChI=1S/C32H43N5O5S2/c1-7-21(2)34-30(38)23(4)33-19-28(15-24-11-9-8-10-12-24)36-32(40)27-16-26(17-29(18-27)37(5)44(6,41)42)31(39)35-22(3)25-13-14-43-20-25/h8-14,16-18,20-23,28,33H,7,15,19H2,1-6H3,(H,34,38)(H,35,39)(H,36,40)/t21-,22?,23-,28-/m0/s1. The molecule has 3 aromatic rings. The first-order valence-electron chi connectivity index (χ1n) is 14.6. The van der Waals surface area contributed by atoms with Crippen LogP contribution >= 0.6 is 11.3 Å². The molecule has 3 rings (SSSR count). The lowest BCUT2D eigenvalue weighted by atomic mass is 10.0. The van der Waals surface area contributed by atoms with Crippen LogP contribution in [0.5, 0.6) is 0 Å². The maximum Gasteiger partial charge on any atom is 0.251 e. The number of carbonyl (C=O) groups is 3. The molecule has 0 aliphatic rings. The summed E-state index contributed by atoms with van der Waals surface area (Å²) in [6, 6.07) is 14.8. The van der Waals surface area contributed by atoms with Crippen LogP contribution < -0.4 is 25.6 Å². The highest BCUT2D eigenvalue weighted by Crippen LogP contribution is 2.22. The number of amides is 3. The Kier molecular flexibility index (Phi) is 12.5. The van der Waals surface area contributed by atoms with Gasteiger partial charge in [0.1, 0.15) is 0 Å². The molecule has 10 nitrogen and oxygen atoms in total. The van der Waals surface area contributed by atoms with Gasteiger partial charge in [0.2, 0.25) is 15.9 Å². The Morgan fingerprint density at radius 3 is 2.11 bits per heavy atom. The maximum atomic E-state index is 13.7. The van der Waals surface area contributed by atoms with Gasteiger partial charge in [-0.15, -0.1) is 0 Å². The van der Waals surface area contributed by atoms with Crippen molar-refractivity contribution in [1.29, 1.82) is 0 Å². The normalized spacial score (nSPS) is 14.1. The smallest absolute Gasteiger partial charge is 0.251 e. The lowest BCUT2D eigenvalue weighted by molar-refractivity contribution is -0.123. The van der Waals surface area contributed by atoms with Crippen LogP contribution in [0.15, 0.2) is 65.4 Å². The molecule has 0 spiro atoms. The largest absolute Gasteiger partial charge is 0.352 e. The van der Waals surface area contributed by atoms with E-state index in [0.29, 0.717) is 13.0 Å². The van der Waals surface area contributed by atoms with Crippen molar-refractivity contribution >= 4 is 44.8 Å². The van der Waals surface area contributed by atoms with Crippen LogP contribution in [0.4, 0.5) is 5.69 Å². The van der Waals surface area contributed by atoms with Crippen LogP contribution in [-0.4, -0.2) is 64.1 Å². The highest BCUT2D eigenvalue weighted by Gasteiger charge is 2.23. The molecule has 12 heteroatoms. The number of hydrogen-bond acceptors (Lipinski definition) is 7. The number of nitrogens with one attached hydrogen (secondary N) is 4. The fraction of sp³-hybridized carbons (Fsp3) is 0.406. The highest BCUT2D eigenvalue weighted by atomic mass is 32.2. The molecule has 2 aromatic carbocycles. The molecular formula is C32H43N5O5S2. The van der Waals surface area contributed by atoms with Crippen molar-refractivity contribution in [1.82, 2.24) is 21.3 Å². The zero-order valence-corrected chi connectivity index (χ0v) is 27.7. The van der Waals surface area contributed by atoms with Gasteiger partial charge in [-0.25, -0.2) is 8.42 Å². The Balaban J connectivity index is 1.87. The van der Waals surface area contributed by atoms with E-state index in [-0.39, 0.29) is 34.8 Å². The average Bonchev–Trinajstić information content (AvgIpc) is 3.54. The summed E-state index contributed by atoms with van der Waals surface area (Å²) in [7, 11) is -2.31. The van der Waals surface area contributed by atoms with Crippen LogP contribution in [0.1, 0.15) is 72.0 Å². The SMILES string of the molecule is CC[C@H](C)NC(=O)[C@H](C)NC[C@H](Cc1ccccc1)NC(=O)c1cc(C(=O)NC(C)c2ccsc2)cc(N(C)S(C)(=O)=O)c1. The molecular weight excluding hydrogens is 599 g/mol. The monoisotopic (exact) mass is 641 g/mol. The van der Waals surface area contributed by atoms with E-state index in [9.17, 15) is 22.8 Å². The minimum Gasteiger partial charge on any atom is -0.352 e. The average molecular weight is 642 g/mol. The first kappa shape index (κ1) is 34.7. The molecule has 1 heterocycles. The van der Waals surface area contributed by atoms with Gasteiger partial charge in [-0.2, -0.15) is 11.3 Å². The number of thiophene rings is 1. The minimum absolute atomic E-state index is 0.0449. The second-order valence-corrected chi connectivity index (χ2v) is 13.9. The summed E-state index contributed by atoms with van der Waals surface area (Å²) in [6.07, 6.45) is 2.34. The van der Waals surface area contributed by atoms with Gasteiger partial charge in [-0.3, -0.25) is 18.7 Å². The molecule has 4 atom stereocenters. The van der Waals surface area contributed by atoms with Gasteiger partial charge in [0.15, 0.2) is 0 Å². The summed E-state index contributed by atoms with van der Waals surface area (Å²) in [5.74, 6) is -1.05. The predicted molar refractivity (Wildman–Crippen MR) is 177 cm³/mol. The molecule has 0 bridgehead atoms. The Labute approximate surface area is 264 Å². The van der Waals surface area contributed by atoms with Crippen molar-refractivity contribution in [3.63, 3.8) is 0 Å². The first-order valence-corrected chi connectivity index (χ1v) is 17.4. The third-order valence-corrected chi connectivity index (χ3v) is 9.33. The molecule has 0 radical (unpaired) electrons. The number of hydrogen-bond donors (Lipinski definition) is 4. The Morgan fingerprint density at radius 1 is 0.909 bits per heavy atom. The Morgan fingerprint density at radius 2 is 1.55 bits per heavy atom. The van der Waals surface area contributed by atoms with Crippen LogP contribution in [0.2, 0.25) is 0 Å². The molecule has 0 aliphatic heterocycles. The molecule has 3 amide bonds. The Bertz CT molecular complexity index is 1510. The fourth-order valence-electron chi connectivity index (χ4n) is 4.35. The van der Waals surface area contributed by atoms with E-state index in [1.165, 1.54) is 36.6 Å². The van der Waals surface area contributed by atoms with Crippen LogP contribution in [0.25, 0.3) is 0 Å². The van der Waals surface area contributed by atoms with E-state index in [1.54, 1.807) is 6.92 Å². The summed E-state index contributed by atoms with van der Waals surface area (Å²) < 4.78 is 25.8. The third-order valence-electron chi connectivity index (χ3n) is 7.42. The summed E-state index contributed by atoms with van der Waals surface area (Å²) in [6.45, 7) is 7.85. The second kappa shape index (κ2) is 15.8. The van der Waals surface area contributed by atoms with Crippen LogP contribution in [0, 0.1) is 0 Å². The minimum atomic E-state index is -3.68. The van der Waals surface area contributed by atoms with Gasteiger partial charge in [-0.1, -0.05) is 37.3 Å². The van der Waals surface area contributed by atoms with E-state index in [0.717, 1.165) is 28.1 Å². The van der Waals surface area contributed by atoms with Crippen molar-refractivity contribution in [2.24, 2.45) is 0 Å². The predicted octanol–water partition coefficient (Wildman–Crippen LogP) is 3.87. The second-order valence-electron chi connectivity index (χ2n) is 11.1. The number of nitrogens with zero attached hydrogens (tertiary/aromatic N) is 1. The molecule has 0 fully saturated rings. The molecule has 44 heavy (non-hydrogen) atoms. The van der Waals surface area contributed by atoms with Crippen molar-refractivity contribution in [2.45, 2.75) is 64.7 Å². The van der Waals surface area contributed by atoms with E-state index >= 15 is 0 Å². The van der Waals surface area contributed by atoms with Crippen molar-refractivity contribution in [2.75, 3.05) is 24.2 Å². The van der Waals surface area contributed by atoms with Crippen LogP contribution in [0.3, 0.4) is 0 Å². The highest BCUT2D eigenvalue weighted by molar-refractivity contribution is 7.92. The first-order chi connectivity index (χ1) is 20.8. The summed E-state index contributed by atoms with van der Waals surface area (Å²) >= 11 is 1.52. The molecule has 1 unspecified atom stereocenters. The van der Waals surface area contributed by atoms with E-state index in [4.69, 9.17) is 0 Å². The van der Waals surface area contributed by atoms with Gasteiger partial charge < -0.3 is 21.3 Å². The summed E-state index contributed by atoms with van der Waals surface area (Å²) in [5.41, 5.74) is 2.39. The van der Waals surface area contributed by atoms with E-state index in [2.05, 4.69) is 21.3 Å². The summed E-state index contributed by atoms with van der Waals surface area (Å²) in [5, 5.41) is 16.0. The van der Waals surface area contributed by atoms with Crippen molar-refractivity contribution in [3.05, 3.63) is 87.6 Å². The number of rotatable bonds is 15. The van der Waals surface area contributed by atoms with Crippen LogP contribution in [-0.2, 0) is 21.2 Å². The van der Waals surface area contributed by atoms with Crippen molar-refractivity contribution < 1.29 is 22.8 Å². The summed E-state index contributed by atoms with van der Waals surface area (Å²) in [4.78, 5) is 39.6. The Hall–Kier alpha value is -3.74. The number of anilines is 1. The number of benzene rings is 2. The molecule has 0 aliphatic carbocycles. The molecule has 4 N–H and O–H groups in total. The molecule has 238 valence electrons. The molecule has 0 saturated carbocycles. The van der Waals surface area contributed by atoms with Gasteiger partial charge in [0.25, 0.3) is 11.8 Å². The third kappa shape index (κ3) is 10.2. The zero-order chi connectivity index (χ0) is 32.4. The van der Waals surface area contributed by atoms with Gasteiger partial charge in [0.05, 0.1) is 24.0 Å². The molecule has 1 aromatic heterocycles. The quantitative estimate of drug-likeness (QED) is 0.199. The van der Waals surface area contributed by atoms with Gasteiger partial charge >= 0.3 is 0 Å². The molecule has 0 saturated heterocycles. The fourth-order valence-corrected chi connectivity index (χ4v) is 5.60. The maximum absolute atomic E-state index is 13.7. The number of carbonyl (C=O) groups excluding carboxylic acids is 3. The topological polar surface area (TPSA) is 137 Å². The van der Waals surface area contributed by atoms with Gasteiger partial charge in [-0.05, 0) is 79.8 Å². The zero-order valence-electron chi connectivity index (χ0n) is 26.1. The lowest BCUT2D eigenvalue weighted by Crippen LogP contribution is -2.50. The van der Waals surface area contributed by atoms with E-state index < -0.39 is 33.9 Å². The number of sulfonamides is 1. The lowest BCUT2D eigenvalue weighted by Gasteiger charge is -2.24. The van der Waals surface area contributed by atoms with Gasteiger partial charge in [0, 0.05) is 36.8 Å². The van der Waals surface area contributed by atoms with E-state index in [1.807, 2.05) is 67.9 Å².